The van der Waals surface area contributed by atoms with Gasteiger partial charge in [0.05, 0.1) is 16.3 Å². The Morgan fingerprint density at radius 3 is 2.31 bits per heavy atom. The van der Waals surface area contributed by atoms with Gasteiger partial charge in [-0.15, -0.1) is 0 Å². The number of halogens is 1. The van der Waals surface area contributed by atoms with Crippen molar-refractivity contribution in [1.29, 1.82) is 0 Å². The summed E-state index contributed by atoms with van der Waals surface area (Å²) in [5, 5.41) is 6.70. The van der Waals surface area contributed by atoms with Gasteiger partial charge in [-0.2, -0.15) is 5.10 Å². The number of nitrogens with one attached hydrogen (secondary N) is 2. The van der Waals surface area contributed by atoms with Crippen LogP contribution in [0.25, 0.3) is 0 Å². The highest BCUT2D eigenvalue weighted by molar-refractivity contribution is 7.92. The van der Waals surface area contributed by atoms with E-state index in [4.69, 9.17) is 0 Å². The van der Waals surface area contributed by atoms with Gasteiger partial charge in [-0.05, 0) is 55.8 Å². The molecule has 0 fully saturated rings. The standard InChI is InChI=1S/C25H25FN4O4S/c1-17-11-13-22(14-12-17)35(33,34)30(24-10-5-4-9-23(24)26)16-25(32)29-28-18(2)20-7-6-8-21(15-20)27-19(3)31/h4-15H,16H2,1-3H3,(H,27,31)(H,29,32)/b28-18-. The van der Waals surface area contributed by atoms with Gasteiger partial charge in [-0.1, -0.05) is 42.0 Å². The van der Waals surface area contributed by atoms with Crippen LogP contribution in [0.3, 0.4) is 0 Å². The molecule has 35 heavy (non-hydrogen) atoms. The molecule has 0 aromatic heterocycles. The zero-order valence-electron chi connectivity index (χ0n) is 19.4. The molecule has 0 aliphatic heterocycles. The van der Waals surface area contributed by atoms with Crippen LogP contribution < -0.4 is 15.0 Å². The van der Waals surface area contributed by atoms with E-state index in [2.05, 4.69) is 15.8 Å². The number of hydrazone groups is 1. The zero-order valence-corrected chi connectivity index (χ0v) is 20.3. The Labute approximate surface area is 203 Å². The Morgan fingerprint density at radius 2 is 1.66 bits per heavy atom. The first-order valence-electron chi connectivity index (χ1n) is 10.6. The topological polar surface area (TPSA) is 108 Å². The molecule has 182 valence electrons. The molecule has 0 saturated heterocycles. The number of hydrogen-bond acceptors (Lipinski definition) is 5. The van der Waals surface area contributed by atoms with E-state index < -0.39 is 28.3 Å². The summed E-state index contributed by atoms with van der Waals surface area (Å²) in [4.78, 5) is 23.9. The first-order chi connectivity index (χ1) is 16.6. The van der Waals surface area contributed by atoms with Crippen LogP contribution in [0.1, 0.15) is 25.0 Å². The van der Waals surface area contributed by atoms with Gasteiger partial charge >= 0.3 is 0 Å². The Hall–Kier alpha value is -4.05. The highest BCUT2D eigenvalue weighted by Crippen LogP contribution is 2.26. The first kappa shape index (κ1) is 25.6. The second-order valence-electron chi connectivity index (χ2n) is 7.77. The summed E-state index contributed by atoms with van der Waals surface area (Å²) in [7, 11) is -4.25. The average Bonchev–Trinajstić information content (AvgIpc) is 2.81. The van der Waals surface area contributed by atoms with Crippen molar-refractivity contribution in [3.8, 4) is 0 Å². The number of aryl methyl sites for hydroxylation is 1. The average molecular weight is 497 g/mol. The predicted octanol–water partition coefficient (Wildman–Crippen LogP) is 3.83. The minimum atomic E-state index is -4.25. The first-order valence-corrected chi connectivity index (χ1v) is 12.1. The second-order valence-corrected chi connectivity index (χ2v) is 9.63. The van der Waals surface area contributed by atoms with E-state index in [9.17, 15) is 22.4 Å². The van der Waals surface area contributed by atoms with E-state index in [0.717, 1.165) is 11.6 Å². The van der Waals surface area contributed by atoms with Gasteiger partial charge in [0.2, 0.25) is 5.91 Å². The number of nitrogens with zero attached hydrogens (tertiary/aromatic N) is 2. The molecular formula is C25H25FN4O4S. The summed E-state index contributed by atoms with van der Waals surface area (Å²) in [5.41, 5.74) is 4.54. The predicted molar refractivity (Wildman–Crippen MR) is 133 cm³/mol. The summed E-state index contributed by atoms with van der Waals surface area (Å²) in [6.07, 6.45) is 0. The lowest BCUT2D eigenvalue weighted by Gasteiger charge is -2.24. The smallest absolute Gasteiger partial charge is 0.264 e. The van der Waals surface area contributed by atoms with Gasteiger partial charge in [0.15, 0.2) is 0 Å². The maximum atomic E-state index is 14.6. The maximum absolute atomic E-state index is 14.6. The minimum absolute atomic E-state index is 0.0754. The molecule has 10 heteroatoms. The number of benzene rings is 3. The molecule has 3 aromatic carbocycles. The lowest BCUT2D eigenvalue weighted by atomic mass is 10.1. The van der Waals surface area contributed by atoms with E-state index in [-0.39, 0.29) is 16.5 Å². The molecule has 0 unspecified atom stereocenters. The Kier molecular flexibility index (Phi) is 7.98. The van der Waals surface area contributed by atoms with E-state index in [1.165, 1.54) is 37.3 Å². The fourth-order valence-electron chi connectivity index (χ4n) is 3.19. The van der Waals surface area contributed by atoms with E-state index >= 15 is 0 Å². The van der Waals surface area contributed by atoms with Crippen molar-refractivity contribution in [2.75, 3.05) is 16.2 Å². The Bertz CT molecular complexity index is 1370. The third-order valence-corrected chi connectivity index (χ3v) is 6.74. The normalized spacial score (nSPS) is 11.6. The van der Waals surface area contributed by atoms with Crippen LogP contribution in [0.4, 0.5) is 15.8 Å². The molecular weight excluding hydrogens is 471 g/mol. The quantitative estimate of drug-likeness (QED) is 0.365. The van der Waals surface area contributed by atoms with Crippen molar-refractivity contribution < 1.29 is 22.4 Å². The third kappa shape index (κ3) is 6.51. The lowest BCUT2D eigenvalue weighted by Crippen LogP contribution is -2.40. The summed E-state index contributed by atoms with van der Waals surface area (Å²) in [6.45, 7) is 4.15. The number of anilines is 2. The zero-order chi connectivity index (χ0) is 25.6. The van der Waals surface area contributed by atoms with Gasteiger partial charge in [-0.3, -0.25) is 13.9 Å². The monoisotopic (exact) mass is 496 g/mol. The molecule has 0 radical (unpaired) electrons. The summed E-state index contributed by atoms with van der Waals surface area (Å²) >= 11 is 0. The van der Waals surface area contributed by atoms with Gasteiger partial charge in [0.25, 0.3) is 15.9 Å². The van der Waals surface area contributed by atoms with Crippen LogP contribution in [0, 0.1) is 12.7 Å². The van der Waals surface area contributed by atoms with Crippen LogP contribution in [-0.4, -0.2) is 32.5 Å². The van der Waals surface area contributed by atoms with E-state index in [1.54, 1.807) is 43.3 Å². The fourth-order valence-corrected chi connectivity index (χ4v) is 4.62. The maximum Gasteiger partial charge on any atom is 0.264 e. The van der Waals surface area contributed by atoms with Gasteiger partial charge < -0.3 is 5.32 Å². The molecule has 0 atom stereocenters. The van der Waals surface area contributed by atoms with E-state index in [0.29, 0.717) is 21.3 Å². The van der Waals surface area contributed by atoms with Crippen LogP contribution in [0.2, 0.25) is 0 Å². The van der Waals surface area contributed by atoms with Crippen molar-refractivity contribution in [2.24, 2.45) is 5.10 Å². The van der Waals surface area contributed by atoms with Crippen molar-refractivity contribution in [1.82, 2.24) is 5.43 Å². The number of carbonyl (C=O) groups is 2. The summed E-state index contributed by atoms with van der Waals surface area (Å²) in [5.74, 6) is -1.78. The van der Waals surface area contributed by atoms with Crippen molar-refractivity contribution >= 4 is 38.9 Å². The SMILES string of the molecule is CC(=O)Nc1cccc(/C(C)=N\NC(=O)CN(c2ccccc2F)S(=O)(=O)c2ccc(C)cc2)c1. The van der Waals surface area contributed by atoms with Crippen LogP contribution in [-0.2, 0) is 19.6 Å². The minimum Gasteiger partial charge on any atom is -0.326 e. The third-order valence-electron chi connectivity index (χ3n) is 4.97. The lowest BCUT2D eigenvalue weighted by molar-refractivity contribution is -0.119. The molecule has 0 heterocycles. The van der Waals surface area contributed by atoms with Crippen LogP contribution in [0.15, 0.2) is 82.8 Å². The molecule has 0 bridgehead atoms. The van der Waals surface area contributed by atoms with Crippen molar-refractivity contribution in [3.63, 3.8) is 0 Å². The number of sulfonamides is 1. The molecule has 8 nitrogen and oxygen atoms in total. The Balaban J connectivity index is 1.85. The van der Waals surface area contributed by atoms with Crippen molar-refractivity contribution in [3.05, 3.63) is 89.7 Å². The molecule has 0 aliphatic carbocycles. The van der Waals surface area contributed by atoms with Gasteiger partial charge in [0, 0.05) is 12.6 Å². The number of para-hydroxylation sites is 1. The fraction of sp³-hybridized carbons (Fsp3) is 0.160. The van der Waals surface area contributed by atoms with Crippen LogP contribution in [0.5, 0.6) is 0 Å². The summed E-state index contributed by atoms with van der Waals surface area (Å²) in [6, 6.07) is 18.2. The molecule has 3 rings (SSSR count). The van der Waals surface area contributed by atoms with Gasteiger partial charge in [-0.25, -0.2) is 18.2 Å². The molecule has 0 saturated carbocycles. The van der Waals surface area contributed by atoms with Gasteiger partial charge in [0.1, 0.15) is 12.4 Å². The van der Waals surface area contributed by atoms with Crippen LogP contribution >= 0.6 is 0 Å². The molecule has 2 N–H and O–H groups in total. The number of rotatable bonds is 8. The highest BCUT2D eigenvalue weighted by Gasteiger charge is 2.29. The largest absolute Gasteiger partial charge is 0.326 e. The molecule has 0 aliphatic rings. The number of carbonyl (C=O) groups excluding carboxylic acids is 2. The molecule has 3 aromatic rings. The Morgan fingerprint density at radius 1 is 0.971 bits per heavy atom. The number of hydrogen-bond donors (Lipinski definition) is 2. The van der Waals surface area contributed by atoms with E-state index in [1.807, 2.05) is 6.92 Å². The molecule has 2 amide bonds. The molecule has 0 spiro atoms. The number of amides is 2. The summed E-state index contributed by atoms with van der Waals surface area (Å²) < 4.78 is 41.9. The second kappa shape index (κ2) is 10.9. The highest BCUT2D eigenvalue weighted by atomic mass is 32.2. The van der Waals surface area contributed by atoms with Crippen molar-refractivity contribution in [2.45, 2.75) is 25.7 Å².